The first kappa shape index (κ1) is 18.9. The lowest BCUT2D eigenvalue weighted by Gasteiger charge is -2.17. The third-order valence-corrected chi connectivity index (χ3v) is 5.15. The Morgan fingerprint density at radius 3 is 2.28 bits per heavy atom. The molecule has 5 heteroatoms. The molecule has 0 saturated heterocycles. The fraction of sp³-hybridized carbons (Fsp3) is 0.208. The van der Waals surface area contributed by atoms with Gasteiger partial charge in [0.1, 0.15) is 0 Å². The van der Waals surface area contributed by atoms with Crippen molar-refractivity contribution in [3.63, 3.8) is 0 Å². The summed E-state index contributed by atoms with van der Waals surface area (Å²) >= 11 is 0. The summed E-state index contributed by atoms with van der Waals surface area (Å²) in [6.45, 7) is 5.70. The largest absolute Gasteiger partial charge is 0.344 e. The highest BCUT2D eigenvalue weighted by molar-refractivity contribution is 6.05. The Balaban J connectivity index is 1.71. The van der Waals surface area contributed by atoms with Gasteiger partial charge in [0, 0.05) is 5.39 Å². The van der Waals surface area contributed by atoms with Crippen molar-refractivity contribution < 1.29 is 4.79 Å². The van der Waals surface area contributed by atoms with Crippen molar-refractivity contribution in [3.8, 4) is 0 Å². The molecule has 0 radical (unpaired) electrons. The van der Waals surface area contributed by atoms with Gasteiger partial charge in [0.15, 0.2) is 5.69 Å². The average molecular weight is 385 g/mol. The Labute approximate surface area is 169 Å². The summed E-state index contributed by atoms with van der Waals surface area (Å²) in [6.07, 6.45) is 0. The number of hydrogen-bond acceptors (Lipinski definition) is 3. The van der Waals surface area contributed by atoms with E-state index < -0.39 is 0 Å². The van der Waals surface area contributed by atoms with Crippen LogP contribution in [0.25, 0.3) is 21.5 Å². The minimum absolute atomic E-state index is 0.142. The van der Waals surface area contributed by atoms with Crippen LogP contribution in [0, 0.1) is 0 Å². The minimum Gasteiger partial charge on any atom is -0.344 e. The average Bonchev–Trinajstić information content (AvgIpc) is 2.73. The third kappa shape index (κ3) is 3.51. The molecule has 0 bridgehead atoms. The minimum atomic E-state index is -0.295. The number of amides is 1. The summed E-state index contributed by atoms with van der Waals surface area (Å²) in [7, 11) is 0. The van der Waals surface area contributed by atoms with Crippen LogP contribution >= 0.6 is 0 Å². The molecule has 3 aromatic carbocycles. The highest BCUT2D eigenvalue weighted by Crippen LogP contribution is 2.21. The molecular formula is C24H23N3O2. The van der Waals surface area contributed by atoms with Crippen molar-refractivity contribution in [2.75, 3.05) is 0 Å². The predicted molar refractivity (Wildman–Crippen MR) is 116 cm³/mol. The van der Waals surface area contributed by atoms with E-state index >= 15 is 0 Å². The number of aromatic nitrogens is 2. The van der Waals surface area contributed by atoms with Crippen molar-refractivity contribution in [1.29, 1.82) is 0 Å². The summed E-state index contributed by atoms with van der Waals surface area (Å²) in [5.74, 6) is -0.295. The lowest BCUT2D eigenvalue weighted by Crippen LogP contribution is -2.32. The van der Waals surface area contributed by atoms with Gasteiger partial charge in [-0.05, 0) is 49.2 Å². The van der Waals surface area contributed by atoms with E-state index in [2.05, 4.69) is 34.7 Å². The van der Waals surface area contributed by atoms with Crippen molar-refractivity contribution in [2.24, 2.45) is 0 Å². The fourth-order valence-electron chi connectivity index (χ4n) is 3.55. The van der Waals surface area contributed by atoms with Gasteiger partial charge in [0.25, 0.3) is 11.5 Å². The van der Waals surface area contributed by atoms with E-state index in [1.807, 2.05) is 45.0 Å². The van der Waals surface area contributed by atoms with Crippen LogP contribution in [0.4, 0.5) is 0 Å². The van der Waals surface area contributed by atoms with Crippen LogP contribution in [0.2, 0.25) is 0 Å². The highest BCUT2D eigenvalue weighted by atomic mass is 16.2. The standard InChI is InChI=1S/C24H23N3O2/c1-15(2)27-24(29)21-11-7-6-10-20(21)22(26-27)23(28)25-16(3)18-13-12-17-8-4-5-9-19(17)14-18/h4-16H,1-3H3,(H,25,28). The number of fused-ring (bicyclic) bond motifs is 2. The van der Waals surface area contributed by atoms with E-state index in [9.17, 15) is 9.59 Å². The molecule has 0 fully saturated rings. The molecule has 4 rings (SSSR count). The monoisotopic (exact) mass is 385 g/mol. The molecule has 1 aromatic heterocycles. The molecule has 29 heavy (non-hydrogen) atoms. The van der Waals surface area contributed by atoms with Gasteiger partial charge in [-0.25, -0.2) is 4.68 Å². The fourth-order valence-corrected chi connectivity index (χ4v) is 3.55. The Bertz CT molecular complexity index is 1270. The Hall–Kier alpha value is -3.47. The number of carbonyl (C=O) groups excluding carboxylic acids is 1. The SMILES string of the molecule is CC(NC(=O)c1nn(C(C)C)c(=O)c2ccccc12)c1ccc2ccccc2c1. The first-order chi connectivity index (χ1) is 14.0. The normalized spacial score (nSPS) is 12.4. The van der Waals surface area contributed by atoms with Gasteiger partial charge in [-0.3, -0.25) is 9.59 Å². The number of carbonyl (C=O) groups is 1. The predicted octanol–water partition coefficient (Wildman–Crippen LogP) is 4.62. The van der Waals surface area contributed by atoms with Crippen LogP contribution in [0.15, 0.2) is 71.5 Å². The van der Waals surface area contributed by atoms with Gasteiger partial charge in [-0.15, -0.1) is 0 Å². The molecule has 0 aliphatic rings. The third-order valence-electron chi connectivity index (χ3n) is 5.15. The molecule has 0 saturated carbocycles. The van der Waals surface area contributed by atoms with Crippen LogP contribution in [0.1, 0.15) is 48.9 Å². The van der Waals surface area contributed by atoms with Crippen LogP contribution in [-0.4, -0.2) is 15.7 Å². The lowest BCUT2D eigenvalue weighted by atomic mass is 10.0. The first-order valence-corrected chi connectivity index (χ1v) is 9.77. The van der Waals surface area contributed by atoms with E-state index in [1.165, 1.54) is 4.68 Å². The quantitative estimate of drug-likeness (QED) is 0.557. The van der Waals surface area contributed by atoms with Gasteiger partial charge in [0.05, 0.1) is 17.5 Å². The van der Waals surface area contributed by atoms with Crippen LogP contribution in [0.5, 0.6) is 0 Å². The molecular weight excluding hydrogens is 362 g/mol. The molecule has 146 valence electrons. The smallest absolute Gasteiger partial charge is 0.274 e. The molecule has 1 atom stereocenters. The van der Waals surface area contributed by atoms with Gasteiger partial charge in [0.2, 0.25) is 0 Å². The summed E-state index contributed by atoms with van der Waals surface area (Å²) in [6, 6.07) is 21.1. The molecule has 0 spiro atoms. The summed E-state index contributed by atoms with van der Waals surface area (Å²) in [4.78, 5) is 25.8. The van der Waals surface area contributed by atoms with Crippen molar-refractivity contribution >= 4 is 27.5 Å². The van der Waals surface area contributed by atoms with Crippen molar-refractivity contribution in [3.05, 3.63) is 88.3 Å². The second kappa shape index (κ2) is 7.51. The van der Waals surface area contributed by atoms with Gasteiger partial charge >= 0.3 is 0 Å². The maximum absolute atomic E-state index is 13.1. The number of hydrogen-bond donors (Lipinski definition) is 1. The highest BCUT2D eigenvalue weighted by Gasteiger charge is 2.19. The Morgan fingerprint density at radius 2 is 1.55 bits per heavy atom. The molecule has 1 amide bonds. The van der Waals surface area contributed by atoms with E-state index in [4.69, 9.17) is 0 Å². The van der Waals surface area contributed by atoms with Gasteiger partial charge in [-0.1, -0.05) is 54.6 Å². The lowest BCUT2D eigenvalue weighted by molar-refractivity contribution is 0.0934. The number of benzene rings is 3. The van der Waals surface area contributed by atoms with Gasteiger partial charge in [-0.2, -0.15) is 5.10 Å². The summed E-state index contributed by atoms with van der Waals surface area (Å²) in [5.41, 5.74) is 1.09. The molecule has 1 unspecified atom stereocenters. The maximum atomic E-state index is 13.1. The number of nitrogens with one attached hydrogen (secondary N) is 1. The van der Waals surface area contributed by atoms with E-state index in [0.29, 0.717) is 10.8 Å². The molecule has 5 nitrogen and oxygen atoms in total. The molecule has 0 aliphatic heterocycles. The zero-order valence-electron chi connectivity index (χ0n) is 16.7. The molecule has 1 N–H and O–H groups in total. The van der Waals surface area contributed by atoms with Crippen LogP contribution in [0.3, 0.4) is 0 Å². The Morgan fingerprint density at radius 1 is 0.897 bits per heavy atom. The zero-order valence-corrected chi connectivity index (χ0v) is 16.7. The van der Waals surface area contributed by atoms with Crippen LogP contribution in [-0.2, 0) is 0 Å². The van der Waals surface area contributed by atoms with E-state index in [1.54, 1.807) is 18.2 Å². The first-order valence-electron chi connectivity index (χ1n) is 9.77. The molecule has 4 aromatic rings. The number of rotatable bonds is 4. The topological polar surface area (TPSA) is 64.0 Å². The molecule has 0 aliphatic carbocycles. The zero-order chi connectivity index (χ0) is 20.5. The maximum Gasteiger partial charge on any atom is 0.274 e. The second-order valence-electron chi connectivity index (χ2n) is 7.54. The van der Waals surface area contributed by atoms with Crippen molar-refractivity contribution in [1.82, 2.24) is 15.1 Å². The van der Waals surface area contributed by atoms with Gasteiger partial charge < -0.3 is 5.32 Å². The summed E-state index contributed by atoms with van der Waals surface area (Å²) < 4.78 is 1.37. The number of nitrogens with zero attached hydrogens (tertiary/aromatic N) is 2. The second-order valence-corrected chi connectivity index (χ2v) is 7.54. The van der Waals surface area contributed by atoms with Crippen molar-refractivity contribution in [2.45, 2.75) is 32.9 Å². The van der Waals surface area contributed by atoms with E-state index in [0.717, 1.165) is 16.3 Å². The molecule has 1 heterocycles. The summed E-state index contributed by atoms with van der Waals surface area (Å²) in [5, 5.41) is 10.8. The van der Waals surface area contributed by atoms with Crippen LogP contribution < -0.4 is 10.9 Å². The Kier molecular flexibility index (Phi) is 4.89. The van der Waals surface area contributed by atoms with E-state index in [-0.39, 0.29) is 29.2 Å².